The Kier molecular flexibility index (Phi) is 6.44. The molecule has 0 saturated carbocycles. The van der Waals surface area contributed by atoms with Gasteiger partial charge in [0.25, 0.3) is 0 Å². The van der Waals surface area contributed by atoms with E-state index in [9.17, 15) is 4.79 Å². The lowest BCUT2D eigenvalue weighted by atomic mass is 9.99. The first-order valence-electron chi connectivity index (χ1n) is 11.8. The number of aryl methyl sites for hydroxylation is 2. The first-order valence-corrected chi connectivity index (χ1v) is 11.8. The number of imidazole rings is 1. The molecule has 0 aliphatic heterocycles. The molecule has 5 aromatic rings. The Labute approximate surface area is 209 Å². The van der Waals surface area contributed by atoms with E-state index in [1.165, 1.54) is 0 Å². The van der Waals surface area contributed by atoms with E-state index in [1.54, 1.807) is 4.68 Å². The van der Waals surface area contributed by atoms with Crippen molar-refractivity contribution in [2.75, 3.05) is 6.54 Å². The maximum absolute atomic E-state index is 13.9. The molecule has 0 radical (unpaired) electrons. The quantitative estimate of drug-likeness (QED) is 0.330. The summed E-state index contributed by atoms with van der Waals surface area (Å²) in [6, 6.07) is 22.8. The minimum absolute atomic E-state index is 0.0687. The van der Waals surface area contributed by atoms with Crippen LogP contribution in [0, 0.1) is 18.3 Å². The molecule has 0 bridgehead atoms. The van der Waals surface area contributed by atoms with Gasteiger partial charge in [-0.3, -0.25) is 9.48 Å². The smallest absolute Gasteiger partial charge is 0.204 e. The molecule has 7 nitrogen and oxygen atoms in total. The van der Waals surface area contributed by atoms with Gasteiger partial charge >= 0.3 is 0 Å². The average Bonchev–Trinajstić information content (AvgIpc) is 3.50. The highest BCUT2D eigenvalue weighted by atomic mass is 16.1. The number of carbonyl (C=O) groups excluding carboxylic acids is 1. The summed E-state index contributed by atoms with van der Waals surface area (Å²) in [4.78, 5) is 18.6. The van der Waals surface area contributed by atoms with Crippen LogP contribution in [0.4, 0.5) is 0 Å². The van der Waals surface area contributed by atoms with Gasteiger partial charge in [-0.2, -0.15) is 10.4 Å². The number of fused-ring (bicyclic) bond motifs is 1. The lowest BCUT2D eigenvalue weighted by Crippen LogP contribution is -2.30. The summed E-state index contributed by atoms with van der Waals surface area (Å²) in [5.74, 6) is 0.684. The zero-order valence-electron chi connectivity index (χ0n) is 20.2. The van der Waals surface area contributed by atoms with Crippen LogP contribution < -0.4 is 5.32 Å². The topological polar surface area (TPSA) is 88.0 Å². The summed E-state index contributed by atoms with van der Waals surface area (Å²) < 4.78 is 3.73. The molecule has 0 spiro atoms. The molecule has 3 aromatic heterocycles. The van der Waals surface area contributed by atoms with E-state index in [4.69, 9.17) is 5.26 Å². The molecule has 0 saturated heterocycles. The van der Waals surface area contributed by atoms with Gasteiger partial charge in [-0.05, 0) is 42.7 Å². The van der Waals surface area contributed by atoms with Crippen molar-refractivity contribution in [1.82, 2.24) is 24.5 Å². The summed E-state index contributed by atoms with van der Waals surface area (Å²) in [7, 11) is 1.89. The number of nitriles is 1. The molecule has 2 aromatic carbocycles. The van der Waals surface area contributed by atoms with Crippen LogP contribution in [0.5, 0.6) is 0 Å². The van der Waals surface area contributed by atoms with Crippen LogP contribution in [0.3, 0.4) is 0 Å². The molecule has 0 unspecified atom stereocenters. The van der Waals surface area contributed by atoms with Crippen molar-refractivity contribution in [3.8, 4) is 17.2 Å². The van der Waals surface area contributed by atoms with Crippen LogP contribution in [0.25, 0.3) is 16.6 Å². The van der Waals surface area contributed by atoms with Crippen LogP contribution in [-0.4, -0.2) is 31.5 Å². The highest BCUT2D eigenvalue weighted by molar-refractivity contribution is 6.04. The zero-order valence-corrected chi connectivity index (χ0v) is 20.2. The molecule has 1 atom stereocenters. The Morgan fingerprint density at radius 2 is 1.81 bits per heavy atom. The van der Waals surface area contributed by atoms with E-state index in [2.05, 4.69) is 21.5 Å². The van der Waals surface area contributed by atoms with E-state index in [0.29, 0.717) is 17.8 Å². The zero-order chi connectivity index (χ0) is 25.1. The molecule has 7 heteroatoms. The van der Waals surface area contributed by atoms with Crippen molar-refractivity contribution in [2.24, 2.45) is 7.05 Å². The van der Waals surface area contributed by atoms with Gasteiger partial charge in [-0.1, -0.05) is 48.5 Å². The van der Waals surface area contributed by atoms with E-state index in [-0.39, 0.29) is 5.78 Å². The molecule has 178 valence electrons. The second kappa shape index (κ2) is 9.98. The van der Waals surface area contributed by atoms with E-state index < -0.39 is 6.04 Å². The number of hydrogen-bond donors (Lipinski definition) is 1. The van der Waals surface area contributed by atoms with Gasteiger partial charge < -0.3 is 9.72 Å². The molecule has 0 fully saturated rings. The van der Waals surface area contributed by atoms with E-state index in [0.717, 1.165) is 40.0 Å². The number of carbonyl (C=O) groups is 1. The van der Waals surface area contributed by atoms with Crippen molar-refractivity contribution in [1.29, 1.82) is 5.26 Å². The predicted molar refractivity (Wildman–Crippen MR) is 139 cm³/mol. The Balaban J connectivity index is 1.42. The standard InChI is InChI=1S/C29H26N6O/c1-20-33-28(26-13-12-24(19-35(20)26)25-17-32-34(2)18-25)29(36)27(23-6-4-3-5-7-23)31-15-14-21-8-10-22(16-30)11-9-21/h3-13,17-19,27,31H,14-15H2,1-2H3/t27-/m0/s1. The second-order valence-corrected chi connectivity index (χ2v) is 8.80. The molecule has 0 amide bonds. The first kappa shape index (κ1) is 23.2. The summed E-state index contributed by atoms with van der Waals surface area (Å²) >= 11 is 0. The van der Waals surface area contributed by atoms with Crippen molar-refractivity contribution in [3.05, 3.63) is 114 Å². The van der Waals surface area contributed by atoms with Gasteiger partial charge in [0.2, 0.25) is 5.78 Å². The molecule has 0 aliphatic rings. The normalized spacial score (nSPS) is 11.9. The molecule has 3 heterocycles. The third-order valence-corrected chi connectivity index (χ3v) is 6.33. The van der Waals surface area contributed by atoms with Gasteiger partial charge in [0.15, 0.2) is 0 Å². The number of nitrogens with one attached hydrogen (secondary N) is 1. The largest absolute Gasteiger partial charge is 0.303 e. The van der Waals surface area contributed by atoms with Crippen molar-refractivity contribution < 1.29 is 4.79 Å². The number of nitrogens with zero attached hydrogens (tertiary/aromatic N) is 5. The lowest BCUT2D eigenvalue weighted by Gasteiger charge is -2.18. The Hall–Kier alpha value is -4.54. The van der Waals surface area contributed by atoms with Crippen LogP contribution >= 0.6 is 0 Å². The highest BCUT2D eigenvalue weighted by Gasteiger charge is 2.26. The van der Waals surface area contributed by atoms with Crippen LogP contribution in [0.15, 0.2) is 85.3 Å². The third-order valence-electron chi connectivity index (χ3n) is 6.33. The van der Waals surface area contributed by atoms with Crippen molar-refractivity contribution in [3.63, 3.8) is 0 Å². The number of rotatable bonds is 8. The average molecular weight is 475 g/mol. The van der Waals surface area contributed by atoms with Crippen LogP contribution in [0.1, 0.15) is 39.0 Å². The second-order valence-electron chi connectivity index (χ2n) is 8.80. The summed E-state index contributed by atoms with van der Waals surface area (Å²) in [6.07, 6.45) is 6.52. The monoisotopic (exact) mass is 474 g/mol. The number of benzene rings is 2. The predicted octanol–water partition coefficient (Wildman–Crippen LogP) is 4.67. The molecule has 1 N–H and O–H groups in total. The van der Waals surface area contributed by atoms with Crippen molar-refractivity contribution >= 4 is 11.3 Å². The molecule has 0 aliphatic carbocycles. The SMILES string of the molecule is Cc1nc(C(=O)[C@@H](NCCc2ccc(C#N)cc2)c2ccccc2)c2ccc(-c3cnn(C)c3)cn12. The minimum atomic E-state index is -0.527. The summed E-state index contributed by atoms with van der Waals surface area (Å²) in [5, 5.41) is 16.7. The Bertz CT molecular complexity index is 1560. The van der Waals surface area contributed by atoms with Gasteiger partial charge in [0, 0.05) is 37.1 Å². The Morgan fingerprint density at radius 3 is 2.50 bits per heavy atom. The summed E-state index contributed by atoms with van der Waals surface area (Å²) in [5.41, 5.74) is 5.88. The number of pyridine rings is 1. The van der Waals surface area contributed by atoms with E-state index >= 15 is 0 Å². The fraction of sp³-hybridized carbons (Fsp3) is 0.172. The first-order chi connectivity index (χ1) is 17.5. The number of ketones is 1. The third kappa shape index (κ3) is 4.67. The highest BCUT2D eigenvalue weighted by Crippen LogP contribution is 2.25. The fourth-order valence-corrected chi connectivity index (χ4v) is 4.41. The number of hydrogen-bond acceptors (Lipinski definition) is 5. The molecular formula is C29H26N6O. The van der Waals surface area contributed by atoms with Gasteiger partial charge in [-0.25, -0.2) is 4.98 Å². The van der Waals surface area contributed by atoms with Gasteiger partial charge in [0.1, 0.15) is 11.5 Å². The molecular weight excluding hydrogens is 448 g/mol. The van der Waals surface area contributed by atoms with Gasteiger partial charge in [-0.15, -0.1) is 0 Å². The van der Waals surface area contributed by atoms with Crippen LogP contribution in [-0.2, 0) is 13.5 Å². The molecule has 36 heavy (non-hydrogen) atoms. The van der Waals surface area contributed by atoms with Gasteiger partial charge in [0.05, 0.1) is 29.4 Å². The minimum Gasteiger partial charge on any atom is -0.303 e. The summed E-state index contributed by atoms with van der Waals surface area (Å²) in [6.45, 7) is 2.51. The number of aromatic nitrogens is 4. The fourth-order valence-electron chi connectivity index (χ4n) is 4.41. The van der Waals surface area contributed by atoms with Crippen molar-refractivity contribution in [2.45, 2.75) is 19.4 Å². The number of Topliss-reactive ketones (excluding diaryl/α,β-unsaturated/α-hetero) is 1. The lowest BCUT2D eigenvalue weighted by molar-refractivity contribution is 0.0940. The van der Waals surface area contributed by atoms with E-state index in [1.807, 2.05) is 104 Å². The van der Waals surface area contributed by atoms with Crippen LogP contribution in [0.2, 0.25) is 0 Å². The molecule has 5 rings (SSSR count). The maximum Gasteiger partial charge on any atom is 0.204 e. The maximum atomic E-state index is 13.9. The Morgan fingerprint density at radius 1 is 1.03 bits per heavy atom.